The molecule has 4 fully saturated rings. The third-order valence-electron chi connectivity index (χ3n) is 8.51. The first-order valence-electron chi connectivity index (χ1n) is 12.6. The highest BCUT2D eigenvalue weighted by atomic mass is 16.5. The third-order valence-corrected chi connectivity index (χ3v) is 8.51. The fraction of sp³-hybridized carbons (Fsp3) is 0.615. The predicted octanol–water partition coefficient (Wildman–Crippen LogP) is 2.86. The van der Waals surface area contributed by atoms with Crippen molar-refractivity contribution in [2.45, 2.75) is 80.9 Å². The second-order valence-electron chi connectivity index (χ2n) is 10.3. The van der Waals surface area contributed by atoms with E-state index in [-0.39, 0.29) is 29.7 Å². The van der Waals surface area contributed by atoms with Crippen LogP contribution in [0.25, 0.3) is 0 Å². The fourth-order valence-electron chi connectivity index (χ4n) is 6.66. The molecule has 0 bridgehead atoms. The zero-order chi connectivity index (χ0) is 24.7. The zero-order valence-corrected chi connectivity index (χ0v) is 20.0. The Kier molecular flexibility index (Phi) is 6.07. The van der Waals surface area contributed by atoms with E-state index in [1.165, 1.54) is 0 Å². The lowest BCUT2D eigenvalue weighted by Gasteiger charge is -2.37. The van der Waals surface area contributed by atoms with E-state index in [2.05, 4.69) is 11.4 Å². The molecule has 0 aromatic heterocycles. The summed E-state index contributed by atoms with van der Waals surface area (Å²) in [4.78, 5) is 42.4. The summed E-state index contributed by atoms with van der Waals surface area (Å²) in [5.74, 6) is -0.115. The minimum absolute atomic E-state index is 0.0476. The molecule has 1 aromatic rings. The van der Waals surface area contributed by atoms with Gasteiger partial charge in [0, 0.05) is 18.5 Å². The summed E-state index contributed by atoms with van der Waals surface area (Å²) in [7, 11) is 1.61. The van der Waals surface area contributed by atoms with Crippen molar-refractivity contribution in [1.82, 2.24) is 15.1 Å². The summed E-state index contributed by atoms with van der Waals surface area (Å²) in [6.45, 7) is 0.435. The molecule has 5 atom stereocenters. The van der Waals surface area contributed by atoms with Gasteiger partial charge in [-0.15, -0.1) is 0 Å². The van der Waals surface area contributed by atoms with Gasteiger partial charge in [0.1, 0.15) is 17.8 Å². The Bertz CT molecular complexity index is 1060. The third kappa shape index (κ3) is 3.99. The Morgan fingerprint density at radius 1 is 1.20 bits per heavy atom. The number of ether oxygens (including phenoxy) is 1. The van der Waals surface area contributed by atoms with Gasteiger partial charge in [-0.1, -0.05) is 25.0 Å². The van der Waals surface area contributed by atoms with Crippen LogP contribution in [0, 0.1) is 17.2 Å². The van der Waals surface area contributed by atoms with Crippen molar-refractivity contribution < 1.29 is 24.2 Å². The number of hydrogen-bond donors (Lipinski definition) is 2. The van der Waals surface area contributed by atoms with E-state index in [4.69, 9.17) is 4.74 Å². The van der Waals surface area contributed by atoms with Crippen LogP contribution in [-0.2, 0) is 9.59 Å². The number of nitriles is 1. The summed E-state index contributed by atoms with van der Waals surface area (Å²) in [5.41, 5.74) is 0.497. The molecular weight excluding hydrogens is 448 g/mol. The van der Waals surface area contributed by atoms with Gasteiger partial charge in [0.05, 0.1) is 24.6 Å². The van der Waals surface area contributed by atoms with Crippen molar-refractivity contribution in [3.8, 4) is 11.8 Å². The van der Waals surface area contributed by atoms with E-state index in [1.807, 2.05) is 29.2 Å². The lowest BCUT2D eigenvalue weighted by molar-refractivity contribution is -0.148. The van der Waals surface area contributed by atoms with Gasteiger partial charge in [0.2, 0.25) is 11.8 Å². The van der Waals surface area contributed by atoms with Crippen LogP contribution in [0.15, 0.2) is 24.3 Å². The molecule has 5 rings (SSSR count). The molecular formula is C26H32N4O5. The maximum Gasteiger partial charge on any atom is 0.405 e. The Hall–Kier alpha value is -3.28. The number of carbonyl (C=O) groups is 3. The van der Waals surface area contributed by atoms with Gasteiger partial charge < -0.3 is 25.0 Å². The maximum absolute atomic E-state index is 14.1. The zero-order valence-electron chi connectivity index (χ0n) is 20.0. The second-order valence-corrected chi connectivity index (χ2v) is 10.3. The number of methoxy groups -OCH3 is 1. The van der Waals surface area contributed by atoms with Gasteiger partial charge in [0.25, 0.3) is 0 Å². The van der Waals surface area contributed by atoms with Gasteiger partial charge >= 0.3 is 6.09 Å². The van der Waals surface area contributed by atoms with Crippen molar-refractivity contribution >= 4 is 17.9 Å². The Morgan fingerprint density at radius 2 is 1.97 bits per heavy atom. The van der Waals surface area contributed by atoms with E-state index < -0.39 is 23.7 Å². The van der Waals surface area contributed by atoms with Crippen LogP contribution in [-0.4, -0.2) is 70.1 Å². The number of nitrogens with zero attached hydrogens (tertiary/aromatic N) is 3. The molecule has 3 aliphatic heterocycles. The molecule has 3 amide bonds. The highest BCUT2D eigenvalue weighted by Gasteiger charge is 2.64. The first kappa shape index (κ1) is 23.5. The van der Waals surface area contributed by atoms with Crippen LogP contribution in [0.3, 0.4) is 0 Å². The summed E-state index contributed by atoms with van der Waals surface area (Å²) < 4.78 is 5.38. The lowest BCUT2D eigenvalue weighted by Crippen LogP contribution is -2.57. The van der Waals surface area contributed by atoms with Gasteiger partial charge in [-0.25, -0.2) is 4.79 Å². The van der Waals surface area contributed by atoms with E-state index in [9.17, 15) is 24.8 Å². The minimum atomic E-state index is -1.22. The van der Waals surface area contributed by atoms with Crippen LogP contribution >= 0.6 is 0 Å². The molecule has 0 unspecified atom stereocenters. The van der Waals surface area contributed by atoms with Gasteiger partial charge in [-0.05, 0) is 56.2 Å². The smallest absolute Gasteiger partial charge is 0.405 e. The van der Waals surface area contributed by atoms with Crippen molar-refractivity contribution in [2.75, 3.05) is 13.7 Å². The second kappa shape index (κ2) is 9.06. The minimum Gasteiger partial charge on any atom is -0.497 e. The Balaban J connectivity index is 1.42. The molecule has 3 heterocycles. The molecule has 1 aromatic carbocycles. The van der Waals surface area contributed by atoms with Crippen LogP contribution in [0.5, 0.6) is 5.75 Å². The molecule has 9 heteroatoms. The summed E-state index contributed by atoms with van der Waals surface area (Å²) in [6, 6.07) is 8.71. The number of fused-ring (bicyclic) bond motifs is 1. The highest BCUT2D eigenvalue weighted by Crippen LogP contribution is 2.58. The summed E-state index contributed by atoms with van der Waals surface area (Å²) in [6.07, 6.45) is 4.60. The normalized spacial score (nSPS) is 31.3. The molecule has 186 valence electrons. The number of hydrogen-bond acceptors (Lipinski definition) is 5. The van der Waals surface area contributed by atoms with E-state index in [0.717, 1.165) is 49.8 Å². The number of carboxylic acid groups (broad SMARTS) is 1. The number of benzene rings is 1. The number of nitrogens with one attached hydrogen (secondary N) is 1. The Labute approximate surface area is 205 Å². The molecule has 3 saturated heterocycles. The largest absolute Gasteiger partial charge is 0.497 e. The number of amides is 3. The molecule has 2 N–H and O–H groups in total. The van der Waals surface area contributed by atoms with Gasteiger partial charge in [-0.3, -0.25) is 9.59 Å². The van der Waals surface area contributed by atoms with Gasteiger partial charge in [0.15, 0.2) is 0 Å². The van der Waals surface area contributed by atoms with Crippen molar-refractivity contribution in [3.63, 3.8) is 0 Å². The van der Waals surface area contributed by atoms with Crippen LogP contribution in [0.1, 0.15) is 62.8 Å². The molecule has 1 saturated carbocycles. The van der Waals surface area contributed by atoms with E-state index in [1.54, 1.807) is 12.0 Å². The van der Waals surface area contributed by atoms with Crippen LogP contribution in [0.2, 0.25) is 0 Å². The predicted molar refractivity (Wildman–Crippen MR) is 126 cm³/mol. The molecule has 1 aliphatic carbocycles. The fourth-order valence-corrected chi connectivity index (χ4v) is 6.66. The highest BCUT2D eigenvalue weighted by molar-refractivity contribution is 5.92. The molecule has 0 radical (unpaired) electrons. The summed E-state index contributed by atoms with van der Waals surface area (Å²) in [5, 5.41) is 21.7. The average molecular weight is 481 g/mol. The van der Waals surface area contributed by atoms with E-state index >= 15 is 0 Å². The molecule has 35 heavy (non-hydrogen) atoms. The lowest BCUT2D eigenvalue weighted by atomic mass is 9.85. The maximum atomic E-state index is 14.1. The van der Waals surface area contributed by atoms with Crippen LogP contribution in [0.4, 0.5) is 4.79 Å². The summed E-state index contributed by atoms with van der Waals surface area (Å²) >= 11 is 0. The number of rotatable bonds is 4. The average Bonchev–Trinajstić information content (AvgIpc) is 3.41. The van der Waals surface area contributed by atoms with Crippen molar-refractivity contribution in [3.05, 3.63) is 29.8 Å². The topological polar surface area (TPSA) is 123 Å². The van der Waals surface area contributed by atoms with E-state index in [0.29, 0.717) is 19.4 Å². The Morgan fingerprint density at radius 3 is 2.66 bits per heavy atom. The molecule has 4 aliphatic rings. The van der Waals surface area contributed by atoms with Crippen LogP contribution < -0.4 is 10.1 Å². The monoisotopic (exact) mass is 480 g/mol. The number of carbonyl (C=O) groups excluding carboxylic acids is 2. The standard InChI is InChI=1S/C26H32N4O5/c1-35-18-7-4-5-16(13-18)19-15-29(26(11-12-26)20(19)14-27)24(32)22-10-9-17-6-2-3-8-21(28-25(33)34)23(31)30(17)22/h4-5,7,13,17,19-22,28H,2-3,6,8-12,15H2,1H3,(H,33,34)/t17-,19-,20-,21-,22-/m0/s1. The van der Waals surface area contributed by atoms with Gasteiger partial charge in [-0.2, -0.15) is 5.26 Å². The molecule has 9 nitrogen and oxygen atoms in total. The first-order valence-corrected chi connectivity index (χ1v) is 12.6. The molecule has 1 spiro atoms. The first-order chi connectivity index (χ1) is 16.9. The van der Waals surface area contributed by atoms with Crippen molar-refractivity contribution in [2.24, 2.45) is 5.92 Å². The SMILES string of the molecule is COc1cccc([C@@H]2CN(C(=O)[C@@H]3CC[C@@H]4CCCC[C@H](NC(=O)O)C(=O)N43)C3(CC3)[C@H]2C#N)c1. The number of likely N-dealkylation sites (tertiary alicyclic amines) is 1. The quantitative estimate of drug-likeness (QED) is 0.683. The van der Waals surface area contributed by atoms with Crippen molar-refractivity contribution in [1.29, 1.82) is 5.26 Å².